The average molecular weight is 419 g/mol. The van der Waals surface area contributed by atoms with E-state index < -0.39 is 5.63 Å². The quantitative estimate of drug-likeness (QED) is 0.449. The number of fused-ring (bicyclic) bond motifs is 1. The first-order valence-electron chi connectivity index (χ1n) is 9.51. The Morgan fingerprint density at radius 3 is 2.26 bits per heavy atom. The summed E-state index contributed by atoms with van der Waals surface area (Å²) in [5.74, 6) is 0.954. The molecule has 3 aromatic carbocycles. The molecule has 0 saturated carbocycles. The summed E-state index contributed by atoms with van der Waals surface area (Å²) in [5, 5.41) is 3.54. The van der Waals surface area contributed by atoms with Gasteiger partial charge in [0, 0.05) is 24.1 Å². The fraction of sp³-hybridized carbons (Fsp3) is 0.0833. The van der Waals surface area contributed by atoms with Crippen molar-refractivity contribution in [2.45, 2.75) is 6.54 Å². The monoisotopic (exact) mass is 419 g/mol. The van der Waals surface area contributed by atoms with Gasteiger partial charge in [0.15, 0.2) is 6.61 Å². The van der Waals surface area contributed by atoms with E-state index in [4.69, 9.17) is 13.9 Å². The van der Waals surface area contributed by atoms with E-state index in [0.717, 1.165) is 10.9 Å². The highest BCUT2D eigenvalue weighted by atomic mass is 19.1. The van der Waals surface area contributed by atoms with Crippen molar-refractivity contribution in [2.75, 3.05) is 6.61 Å². The van der Waals surface area contributed by atoms with Crippen LogP contribution in [0.15, 0.2) is 88.1 Å². The second-order valence-electron chi connectivity index (χ2n) is 6.72. The number of nitrogens with one attached hydrogen (secondary N) is 1. The molecular formula is C24H18FNO5. The maximum absolute atomic E-state index is 12.9. The Morgan fingerprint density at radius 2 is 1.52 bits per heavy atom. The molecule has 0 aliphatic rings. The zero-order chi connectivity index (χ0) is 21.6. The van der Waals surface area contributed by atoms with E-state index in [1.807, 2.05) is 12.1 Å². The molecule has 0 saturated heterocycles. The molecule has 31 heavy (non-hydrogen) atoms. The van der Waals surface area contributed by atoms with Crippen molar-refractivity contribution in [1.82, 2.24) is 5.32 Å². The Hall–Kier alpha value is -4.13. The molecule has 0 radical (unpaired) electrons. The van der Waals surface area contributed by atoms with Crippen molar-refractivity contribution in [3.05, 3.63) is 101 Å². The van der Waals surface area contributed by atoms with Gasteiger partial charge >= 0.3 is 5.63 Å². The van der Waals surface area contributed by atoms with Crippen molar-refractivity contribution in [2.24, 2.45) is 0 Å². The van der Waals surface area contributed by atoms with Crippen LogP contribution in [0, 0.1) is 5.82 Å². The lowest BCUT2D eigenvalue weighted by Crippen LogP contribution is -2.28. The molecular weight excluding hydrogens is 401 g/mol. The summed E-state index contributed by atoms with van der Waals surface area (Å²) in [6, 6.07) is 21.0. The predicted octanol–water partition coefficient (Wildman–Crippen LogP) is 4.42. The maximum atomic E-state index is 12.9. The summed E-state index contributed by atoms with van der Waals surface area (Å²) in [7, 11) is 0. The van der Waals surface area contributed by atoms with E-state index in [-0.39, 0.29) is 18.3 Å². The van der Waals surface area contributed by atoms with Gasteiger partial charge in [-0.05, 0) is 60.2 Å². The fourth-order valence-electron chi connectivity index (χ4n) is 2.85. The highest BCUT2D eigenvalue weighted by molar-refractivity contribution is 5.79. The topological polar surface area (TPSA) is 77.8 Å². The maximum Gasteiger partial charge on any atom is 0.336 e. The SMILES string of the molecule is O=C(COc1ccc2ccc(=O)oc2c1)NCc1ccc(Oc2ccc(F)cc2)cc1. The van der Waals surface area contributed by atoms with Crippen LogP contribution < -0.4 is 20.4 Å². The number of amides is 1. The summed E-state index contributed by atoms with van der Waals surface area (Å²) >= 11 is 0. The number of carbonyl (C=O) groups is 1. The fourth-order valence-corrected chi connectivity index (χ4v) is 2.85. The second kappa shape index (κ2) is 9.13. The smallest absolute Gasteiger partial charge is 0.336 e. The standard InChI is InChI=1S/C24H18FNO5/c25-18-5-10-20(11-6-18)30-19-7-1-16(2-8-19)14-26-23(27)15-29-21-9-3-17-4-12-24(28)31-22(17)13-21/h1-13H,14-15H2,(H,26,27). The Labute approximate surface area is 176 Å². The molecule has 4 rings (SSSR count). The lowest BCUT2D eigenvalue weighted by molar-refractivity contribution is -0.123. The molecule has 1 amide bonds. The van der Waals surface area contributed by atoms with Crippen molar-refractivity contribution in [3.8, 4) is 17.2 Å². The Bertz CT molecular complexity index is 1250. The van der Waals surface area contributed by atoms with Gasteiger partial charge in [-0.2, -0.15) is 0 Å². The Morgan fingerprint density at radius 1 is 0.871 bits per heavy atom. The van der Waals surface area contributed by atoms with Crippen LogP contribution in [0.2, 0.25) is 0 Å². The van der Waals surface area contributed by atoms with Gasteiger partial charge in [-0.1, -0.05) is 12.1 Å². The number of halogens is 1. The normalized spacial score (nSPS) is 10.6. The van der Waals surface area contributed by atoms with Crippen LogP contribution in [0.5, 0.6) is 17.2 Å². The summed E-state index contributed by atoms with van der Waals surface area (Å²) in [6.07, 6.45) is 0. The van der Waals surface area contributed by atoms with E-state index >= 15 is 0 Å². The van der Waals surface area contributed by atoms with E-state index in [2.05, 4.69) is 5.32 Å². The molecule has 0 spiro atoms. The average Bonchev–Trinajstić information content (AvgIpc) is 2.78. The first-order chi connectivity index (χ1) is 15.0. The molecule has 0 aliphatic carbocycles. The minimum Gasteiger partial charge on any atom is -0.484 e. The second-order valence-corrected chi connectivity index (χ2v) is 6.72. The van der Waals surface area contributed by atoms with E-state index in [1.54, 1.807) is 48.5 Å². The molecule has 1 aromatic heterocycles. The summed E-state index contributed by atoms with van der Waals surface area (Å²) in [6.45, 7) is 0.153. The summed E-state index contributed by atoms with van der Waals surface area (Å²) in [4.78, 5) is 23.4. The number of hydrogen-bond acceptors (Lipinski definition) is 5. The van der Waals surface area contributed by atoms with Crippen molar-refractivity contribution in [3.63, 3.8) is 0 Å². The molecule has 0 fully saturated rings. The van der Waals surface area contributed by atoms with Crippen LogP contribution in [-0.2, 0) is 11.3 Å². The Kier molecular flexibility index (Phi) is 5.93. The third-order valence-corrected chi connectivity index (χ3v) is 4.43. The molecule has 0 atom stereocenters. The van der Waals surface area contributed by atoms with E-state index in [9.17, 15) is 14.0 Å². The molecule has 0 bridgehead atoms. The van der Waals surface area contributed by atoms with Crippen molar-refractivity contribution in [1.29, 1.82) is 0 Å². The van der Waals surface area contributed by atoms with Crippen LogP contribution in [0.1, 0.15) is 5.56 Å². The van der Waals surface area contributed by atoms with Gasteiger partial charge in [-0.25, -0.2) is 9.18 Å². The first-order valence-corrected chi connectivity index (χ1v) is 9.51. The largest absolute Gasteiger partial charge is 0.484 e. The lowest BCUT2D eigenvalue weighted by atomic mass is 10.2. The summed E-state index contributed by atoms with van der Waals surface area (Å²) < 4.78 is 29.2. The molecule has 1 N–H and O–H groups in total. The summed E-state index contributed by atoms with van der Waals surface area (Å²) in [5.41, 5.74) is 0.831. The third kappa shape index (κ3) is 5.48. The number of benzene rings is 3. The third-order valence-electron chi connectivity index (χ3n) is 4.43. The van der Waals surface area contributed by atoms with Crippen LogP contribution in [0.4, 0.5) is 4.39 Å². The van der Waals surface area contributed by atoms with Crippen LogP contribution in [0.3, 0.4) is 0 Å². The van der Waals surface area contributed by atoms with Gasteiger partial charge in [0.05, 0.1) is 0 Å². The van der Waals surface area contributed by atoms with E-state index in [0.29, 0.717) is 29.4 Å². The number of rotatable bonds is 7. The molecule has 1 heterocycles. The molecule has 0 aliphatic heterocycles. The molecule has 4 aromatic rings. The molecule has 6 nitrogen and oxygen atoms in total. The van der Waals surface area contributed by atoms with Crippen LogP contribution in [-0.4, -0.2) is 12.5 Å². The number of carbonyl (C=O) groups excluding carboxylic acids is 1. The van der Waals surface area contributed by atoms with Crippen molar-refractivity contribution < 1.29 is 23.1 Å². The van der Waals surface area contributed by atoms with Gasteiger partial charge < -0.3 is 19.2 Å². The zero-order valence-corrected chi connectivity index (χ0v) is 16.3. The highest BCUT2D eigenvalue weighted by Crippen LogP contribution is 2.22. The van der Waals surface area contributed by atoms with Crippen LogP contribution >= 0.6 is 0 Å². The van der Waals surface area contributed by atoms with Crippen LogP contribution in [0.25, 0.3) is 11.0 Å². The van der Waals surface area contributed by atoms with Gasteiger partial charge in [-0.15, -0.1) is 0 Å². The number of ether oxygens (including phenoxy) is 2. The van der Waals surface area contributed by atoms with Crippen molar-refractivity contribution >= 4 is 16.9 Å². The van der Waals surface area contributed by atoms with Gasteiger partial charge in [0.25, 0.3) is 5.91 Å². The minimum atomic E-state index is -0.448. The molecule has 0 unspecified atom stereocenters. The van der Waals surface area contributed by atoms with E-state index in [1.165, 1.54) is 18.2 Å². The first kappa shape index (κ1) is 20.2. The molecule has 156 valence electrons. The van der Waals surface area contributed by atoms with Gasteiger partial charge in [0.2, 0.25) is 0 Å². The molecule has 7 heteroatoms. The lowest BCUT2D eigenvalue weighted by Gasteiger charge is -2.09. The predicted molar refractivity (Wildman–Crippen MR) is 113 cm³/mol. The zero-order valence-electron chi connectivity index (χ0n) is 16.3. The Balaban J connectivity index is 1.26. The van der Waals surface area contributed by atoms with Gasteiger partial charge in [-0.3, -0.25) is 4.79 Å². The highest BCUT2D eigenvalue weighted by Gasteiger charge is 2.06. The number of hydrogen-bond donors (Lipinski definition) is 1. The minimum absolute atomic E-state index is 0.172. The van der Waals surface area contributed by atoms with Gasteiger partial charge in [0.1, 0.15) is 28.6 Å².